The zero-order chi connectivity index (χ0) is 21.7. The molecular weight excluding hydrogens is 515 g/mol. The molecule has 1 saturated heterocycles. The maximum atomic E-state index is 5.08. The molecule has 1 fully saturated rings. The van der Waals surface area contributed by atoms with Crippen molar-refractivity contribution in [3.8, 4) is 0 Å². The van der Waals surface area contributed by atoms with Gasteiger partial charge in [-0.15, -0.1) is 24.0 Å². The van der Waals surface area contributed by atoms with Gasteiger partial charge >= 0.3 is 0 Å². The third-order valence-electron chi connectivity index (χ3n) is 6.49. The highest BCUT2D eigenvalue weighted by Crippen LogP contribution is 2.25. The number of nitrogens with one attached hydrogen (secondary N) is 1. The Kier molecular flexibility index (Phi) is 8.95. The van der Waals surface area contributed by atoms with Crippen LogP contribution in [0.4, 0.5) is 0 Å². The van der Waals surface area contributed by atoms with Crippen molar-refractivity contribution in [1.29, 1.82) is 0 Å². The minimum Gasteiger partial charge on any atom is -0.364 e. The lowest BCUT2D eigenvalue weighted by atomic mass is 9.94. The normalized spacial score (nSPS) is 18.2. The summed E-state index contributed by atoms with van der Waals surface area (Å²) in [4.78, 5) is 12.5. The first-order chi connectivity index (χ1) is 15.0. The molecule has 0 aliphatic carbocycles. The molecule has 0 amide bonds. The molecule has 8 heteroatoms. The van der Waals surface area contributed by atoms with Crippen molar-refractivity contribution in [3.05, 3.63) is 53.4 Å². The molecule has 0 bridgehead atoms. The first-order valence-electron chi connectivity index (χ1n) is 11.5. The number of halogens is 1. The fourth-order valence-corrected chi connectivity index (χ4v) is 4.47. The van der Waals surface area contributed by atoms with Crippen LogP contribution in [0.5, 0.6) is 0 Å². The second kappa shape index (κ2) is 11.5. The van der Waals surface area contributed by atoms with Gasteiger partial charge in [-0.25, -0.2) is 0 Å². The molecule has 1 aromatic carbocycles. The predicted molar refractivity (Wildman–Crippen MR) is 139 cm³/mol. The molecule has 3 heterocycles. The monoisotopic (exact) mass is 552 g/mol. The van der Waals surface area contributed by atoms with Crippen molar-refractivity contribution in [2.24, 2.45) is 4.99 Å². The number of aliphatic imine (C=N–C) groups is 1. The molecule has 1 N–H and O–H groups in total. The average molecular weight is 553 g/mol. The smallest absolute Gasteiger partial charge is 0.194 e. The standard InChI is InChI=1S/C24H36N6O.HI/c1-4-25-23(29-14-12-28(13-15-29)18-22-10-16-31-27-22)26-19-24(2,3)30-11-9-20-7-5-6-8-21(20)17-30;/h5-8,10,16H,4,9,11-15,17-19H2,1-3H3,(H,25,26);1H. The minimum absolute atomic E-state index is 0. The largest absolute Gasteiger partial charge is 0.364 e. The molecular formula is C24H37IN6O. The summed E-state index contributed by atoms with van der Waals surface area (Å²) in [6, 6.07) is 10.8. The Morgan fingerprint density at radius 3 is 2.53 bits per heavy atom. The molecule has 0 spiro atoms. The van der Waals surface area contributed by atoms with Gasteiger partial charge in [0.05, 0.1) is 12.2 Å². The number of hydrogen-bond acceptors (Lipinski definition) is 5. The fourth-order valence-electron chi connectivity index (χ4n) is 4.47. The highest BCUT2D eigenvalue weighted by molar-refractivity contribution is 14.0. The summed E-state index contributed by atoms with van der Waals surface area (Å²) in [5.41, 5.74) is 3.97. The summed E-state index contributed by atoms with van der Waals surface area (Å²) < 4.78 is 4.96. The van der Waals surface area contributed by atoms with Gasteiger partial charge in [0.15, 0.2) is 5.96 Å². The lowest BCUT2D eigenvalue weighted by Gasteiger charge is -2.41. The number of guanidine groups is 1. The summed E-state index contributed by atoms with van der Waals surface area (Å²) in [7, 11) is 0. The number of aromatic nitrogens is 1. The van der Waals surface area contributed by atoms with Crippen molar-refractivity contribution in [2.75, 3.05) is 45.8 Å². The van der Waals surface area contributed by atoms with Crippen molar-refractivity contribution in [2.45, 2.75) is 45.8 Å². The van der Waals surface area contributed by atoms with Gasteiger partial charge in [0.25, 0.3) is 0 Å². The van der Waals surface area contributed by atoms with Crippen LogP contribution >= 0.6 is 24.0 Å². The van der Waals surface area contributed by atoms with Crippen LogP contribution in [0, 0.1) is 0 Å². The summed E-state index contributed by atoms with van der Waals surface area (Å²) in [6.07, 6.45) is 2.76. The Labute approximate surface area is 209 Å². The zero-order valence-electron chi connectivity index (χ0n) is 19.6. The van der Waals surface area contributed by atoms with E-state index < -0.39 is 0 Å². The van der Waals surface area contributed by atoms with Crippen LogP contribution in [-0.4, -0.2) is 77.2 Å². The highest BCUT2D eigenvalue weighted by Gasteiger charge is 2.30. The molecule has 176 valence electrons. The third kappa shape index (κ3) is 6.23. The number of hydrogen-bond donors (Lipinski definition) is 1. The molecule has 0 radical (unpaired) electrons. The molecule has 0 saturated carbocycles. The maximum absolute atomic E-state index is 5.08. The molecule has 4 rings (SSSR count). The van der Waals surface area contributed by atoms with Crippen molar-refractivity contribution in [3.63, 3.8) is 0 Å². The fraction of sp³-hybridized carbons (Fsp3) is 0.583. The van der Waals surface area contributed by atoms with E-state index in [4.69, 9.17) is 9.52 Å². The van der Waals surface area contributed by atoms with E-state index in [1.165, 1.54) is 11.1 Å². The SMILES string of the molecule is CCNC(=NCC(C)(C)N1CCc2ccccc2C1)N1CCN(Cc2ccon2)CC1.I. The van der Waals surface area contributed by atoms with Gasteiger partial charge in [-0.2, -0.15) is 0 Å². The van der Waals surface area contributed by atoms with E-state index in [1.807, 2.05) is 6.07 Å². The Morgan fingerprint density at radius 2 is 1.84 bits per heavy atom. The molecule has 0 unspecified atom stereocenters. The van der Waals surface area contributed by atoms with Gasteiger partial charge in [-0.3, -0.25) is 14.8 Å². The molecule has 7 nitrogen and oxygen atoms in total. The van der Waals surface area contributed by atoms with E-state index >= 15 is 0 Å². The summed E-state index contributed by atoms with van der Waals surface area (Å²) in [5.74, 6) is 1.04. The van der Waals surface area contributed by atoms with Crippen LogP contribution in [0.15, 0.2) is 46.1 Å². The lowest BCUT2D eigenvalue weighted by Crippen LogP contribution is -2.53. The Bertz CT molecular complexity index is 861. The average Bonchev–Trinajstić information content (AvgIpc) is 3.30. The Morgan fingerprint density at radius 1 is 1.09 bits per heavy atom. The van der Waals surface area contributed by atoms with Crippen LogP contribution in [0.2, 0.25) is 0 Å². The first-order valence-corrected chi connectivity index (χ1v) is 11.5. The van der Waals surface area contributed by atoms with Crippen molar-refractivity contribution < 1.29 is 4.52 Å². The second-order valence-electron chi connectivity index (χ2n) is 9.18. The van der Waals surface area contributed by atoms with Crippen molar-refractivity contribution >= 4 is 29.9 Å². The number of fused-ring (bicyclic) bond motifs is 1. The van der Waals surface area contributed by atoms with E-state index in [9.17, 15) is 0 Å². The van der Waals surface area contributed by atoms with Crippen LogP contribution in [0.1, 0.15) is 37.6 Å². The number of piperazine rings is 1. The molecule has 2 aliphatic rings. The highest BCUT2D eigenvalue weighted by atomic mass is 127. The van der Waals surface area contributed by atoms with Gasteiger partial charge in [-0.05, 0) is 38.3 Å². The van der Waals surface area contributed by atoms with E-state index in [0.29, 0.717) is 0 Å². The van der Waals surface area contributed by atoms with Crippen molar-refractivity contribution in [1.82, 2.24) is 25.2 Å². The van der Waals surface area contributed by atoms with Gasteiger partial charge in [0.1, 0.15) is 6.26 Å². The van der Waals surface area contributed by atoms with Gasteiger partial charge in [-0.1, -0.05) is 29.4 Å². The molecule has 32 heavy (non-hydrogen) atoms. The Balaban J connectivity index is 0.00000289. The number of nitrogens with zero attached hydrogens (tertiary/aromatic N) is 5. The van der Waals surface area contributed by atoms with Gasteiger partial charge in [0.2, 0.25) is 0 Å². The summed E-state index contributed by atoms with van der Waals surface area (Å²) in [6.45, 7) is 15.4. The Hall–Kier alpha value is -1.65. The minimum atomic E-state index is 0. The van der Waals surface area contributed by atoms with Crippen LogP contribution in [0.25, 0.3) is 0 Å². The van der Waals surface area contributed by atoms with E-state index in [-0.39, 0.29) is 29.5 Å². The third-order valence-corrected chi connectivity index (χ3v) is 6.49. The topological polar surface area (TPSA) is 60.1 Å². The zero-order valence-corrected chi connectivity index (χ0v) is 21.9. The van der Waals surface area contributed by atoms with Gasteiger partial charge in [0, 0.05) is 64.0 Å². The van der Waals surface area contributed by atoms with Gasteiger partial charge < -0.3 is 14.7 Å². The molecule has 0 atom stereocenters. The first kappa shape index (κ1) is 25.0. The molecule has 2 aromatic rings. The van der Waals surface area contributed by atoms with Crippen LogP contribution < -0.4 is 5.32 Å². The van der Waals surface area contributed by atoms with Crippen LogP contribution in [-0.2, 0) is 19.5 Å². The molecule has 1 aromatic heterocycles. The quantitative estimate of drug-likeness (QED) is 0.338. The lowest BCUT2D eigenvalue weighted by molar-refractivity contribution is 0.111. The summed E-state index contributed by atoms with van der Waals surface area (Å²) in [5, 5.41) is 7.55. The maximum Gasteiger partial charge on any atom is 0.194 e. The number of rotatable bonds is 6. The summed E-state index contributed by atoms with van der Waals surface area (Å²) >= 11 is 0. The predicted octanol–water partition coefficient (Wildman–Crippen LogP) is 3.21. The van der Waals surface area contributed by atoms with E-state index in [0.717, 1.165) is 77.0 Å². The van der Waals surface area contributed by atoms with E-state index in [2.05, 4.69) is 70.2 Å². The second-order valence-corrected chi connectivity index (χ2v) is 9.18. The number of benzene rings is 1. The molecule has 2 aliphatic heterocycles. The van der Waals surface area contributed by atoms with Crippen LogP contribution in [0.3, 0.4) is 0 Å². The van der Waals surface area contributed by atoms with E-state index in [1.54, 1.807) is 6.26 Å².